The molecular formula is C22H22BFN6O3. The molecule has 1 amide bonds. The van der Waals surface area contributed by atoms with E-state index in [2.05, 4.69) is 20.5 Å². The number of halogens is 1. The maximum Gasteiger partial charge on any atom is 0.488 e. The second-order valence-electron chi connectivity index (χ2n) is 7.60. The highest BCUT2D eigenvalue weighted by molar-refractivity contribution is 6.58. The molecule has 2 aromatic heterocycles. The van der Waals surface area contributed by atoms with E-state index in [1.807, 2.05) is 13.0 Å². The minimum absolute atomic E-state index is 0.0780. The zero-order chi connectivity index (χ0) is 23.7. The quantitative estimate of drug-likeness (QED) is 0.312. The van der Waals surface area contributed by atoms with Crippen LogP contribution in [0.2, 0.25) is 0 Å². The fourth-order valence-corrected chi connectivity index (χ4v) is 3.74. The maximum absolute atomic E-state index is 14.2. The third-order valence-corrected chi connectivity index (χ3v) is 5.32. The summed E-state index contributed by atoms with van der Waals surface area (Å²) in [6.07, 6.45) is 0.573. The van der Waals surface area contributed by atoms with Crippen molar-refractivity contribution in [3.63, 3.8) is 0 Å². The Hall–Kier alpha value is -3.83. The lowest BCUT2D eigenvalue weighted by Crippen LogP contribution is -2.30. The van der Waals surface area contributed by atoms with Crippen LogP contribution in [0.4, 0.5) is 10.2 Å². The molecule has 0 unspecified atom stereocenters. The Morgan fingerprint density at radius 2 is 2.00 bits per heavy atom. The molecule has 0 saturated heterocycles. The highest BCUT2D eigenvalue weighted by Crippen LogP contribution is 2.27. The van der Waals surface area contributed by atoms with Crippen LogP contribution in [-0.4, -0.2) is 42.8 Å². The van der Waals surface area contributed by atoms with Crippen molar-refractivity contribution in [2.45, 2.75) is 26.8 Å². The van der Waals surface area contributed by atoms with Gasteiger partial charge in [0.1, 0.15) is 11.5 Å². The minimum atomic E-state index is -1.56. The van der Waals surface area contributed by atoms with Crippen LogP contribution in [0.25, 0.3) is 16.9 Å². The van der Waals surface area contributed by atoms with Gasteiger partial charge in [0.25, 0.3) is 5.95 Å². The average Bonchev–Trinajstić information content (AvgIpc) is 3.12. The molecule has 0 bridgehead atoms. The normalized spacial score (nSPS) is 11.1. The summed E-state index contributed by atoms with van der Waals surface area (Å²) in [5, 5.41) is 31.0. The van der Waals surface area contributed by atoms with Crippen LogP contribution in [0.15, 0.2) is 42.5 Å². The van der Waals surface area contributed by atoms with Gasteiger partial charge in [-0.25, -0.2) is 4.39 Å². The third-order valence-electron chi connectivity index (χ3n) is 5.32. The summed E-state index contributed by atoms with van der Waals surface area (Å²) in [5.74, 6) is -0.624. The molecule has 9 nitrogen and oxygen atoms in total. The van der Waals surface area contributed by atoms with Gasteiger partial charge in [-0.2, -0.15) is 4.98 Å². The summed E-state index contributed by atoms with van der Waals surface area (Å²) >= 11 is 0. The van der Waals surface area contributed by atoms with E-state index in [9.17, 15) is 19.2 Å². The Morgan fingerprint density at radius 1 is 1.21 bits per heavy atom. The van der Waals surface area contributed by atoms with Crippen LogP contribution in [0.5, 0.6) is 0 Å². The van der Waals surface area contributed by atoms with Gasteiger partial charge in [0.05, 0.1) is 11.1 Å². The van der Waals surface area contributed by atoms with Crippen molar-refractivity contribution in [2.75, 3.05) is 5.32 Å². The first kappa shape index (κ1) is 22.4. The van der Waals surface area contributed by atoms with Crippen LogP contribution in [0.3, 0.4) is 0 Å². The number of primary amides is 1. The van der Waals surface area contributed by atoms with Gasteiger partial charge in [0.15, 0.2) is 5.82 Å². The van der Waals surface area contributed by atoms with Gasteiger partial charge in [0.2, 0.25) is 5.91 Å². The SMILES string of the molecule is CCc1nnc(-n2c(C)cc3c(C(N)=O)cc(F)cc32)nc1NCc1cccc(B(O)O)c1. The smallest absolute Gasteiger partial charge is 0.423 e. The van der Waals surface area contributed by atoms with Gasteiger partial charge < -0.3 is 21.1 Å². The number of hydrogen-bond donors (Lipinski definition) is 4. The number of nitrogens with zero attached hydrogens (tertiary/aromatic N) is 4. The van der Waals surface area contributed by atoms with E-state index in [1.165, 1.54) is 6.07 Å². The molecule has 168 valence electrons. The molecule has 0 radical (unpaired) electrons. The Bertz CT molecular complexity index is 1360. The Balaban J connectivity index is 1.74. The van der Waals surface area contributed by atoms with Crippen LogP contribution in [0.1, 0.15) is 34.2 Å². The summed E-state index contributed by atoms with van der Waals surface area (Å²) < 4.78 is 15.8. The third kappa shape index (κ3) is 4.41. The van der Waals surface area contributed by atoms with Crippen molar-refractivity contribution in [1.82, 2.24) is 19.7 Å². The van der Waals surface area contributed by atoms with Gasteiger partial charge in [-0.3, -0.25) is 9.36 Å². The molecule has 4 rings (SSSR count). The number of benzene rings is 2. The summed E-state index contributed by atoms with van der Waals surface area (Å²) in [6, 6.07) is 11.0. The molecule has 0 fully saturated rings. The van der Waals surface area contributed by atoms with Gasteiger partial charge in [-0.1, -0.05) is 31.2 Å². The average molecular weight is 448 g/mol. The molecule has 4 aromatic rings. The molecule has 0 aliphatic heterocycles. The number of rotatable bonds is 7. The number of nitrogens with one attached hydrogen (secondary N) is 1. The molecule has 2 heterocycles. The van der Waals surface area contributed by atoms with Gasteiger partial charge in [0, 0.05) is 17.6 Å². The molecule has 0 saturated carbocycles. The van der Waals surface area contributed by atoms with E-state index < -0.39 is 18.8 Å². The maximum atomic E-state index is 14.2. The van der Waals surface area contributed by atoms with E-state index in [0.29, 0.717) is 46.5 Å². The Kier molecular flexibility index (Phi) is 6.08. The second kappa shape index (κ2) is 8.97. The highest BCUT2D eigenvalue weighted by Gasteiger charge is 2.19. The van der Waals surface area contributed by atoms with E-state index in [4.69, 9.17) is 5.73 Å². The molecule has 0 atom stereocenters. The summed E-state index contributed by atoms with van der Waals surface area (Å²) in [6.45, 7) is 4.07. The molecule has 11 heteroatoms. The lowest BCUT2D eigenvalue weighted by atomic mass is 9.80. The Labute approximate surface area is 189 Å². The minimum Gasteiger partial charge on any atom is -0.423 e. The number of hydrogen-bond acceptors (Lipinski definition) is 7. The van der Waals surface area contributed by atoms with Gasteiger partial charge >= 0.3 is 7.12 Å². The van der Waals surface area contributed by atoms with Crippen molar-refractivity contribution < 1.29 is 19.2 Å². The molecule has 2 aromatic carbocycles. The number of amides is 1. The lowest BCUT2D eigenvalue weighted by molar-refractivity contribution is 0.100. The van der Waals surface area contributed by atoms with Crippen molar-refractivity contribution >= 4 is 35.2 Å². The van der Waals surface area contributed by atoms with E-state index in [1.54, 1.807) is 35.8 Å². The van der Waals surface area contributed by atoms with Crippen molar-refractivity contribution in [3.8, 4) is 5.95 Å². The largest absolute Gasteiger partial charge is 0.488 e. The first-order valence-electron chi connectivity index (χ1n) is 10.3. The van der Waals surface area contributed by atoms with E-state index >= 15 is 0 Å². The summed E-state index contributed by atoms with van der Waals surface area (Å²) in [5.41, 5.74) is 8.43. The predicted molar refractivity (Wildman–Crippen MR) is 123 cm³/mol. The topological polar surface area (TPSA) is 139 Å². The standard InChI is InChI=1S/C22H22BFN6O3/c1-3-18-21(26-11-13-5-4-6-14(8-13)23(32)33)27-22(29-28-18)30-12(2)7-16-17(20(25)31)9-15(24)10-19(16)30/h4-10,32-33H,3,11H2,1-2H3,(H2,25,31)(H,26,27,29). The molecular weight excluding hydrogens is 426 g/mol. The van der Waals surface area contributed by atoms with Crippen LogP contribution in [0, 0.1) is 12.7 Å². The lowest BCUT2D eigenvalue weighted by Gasteiger charge is -2.13. The number of nitrogens with two attached hydrogens (primary N) is 1. The zero-order valence-electron chi connectivity index (χ0n) is 18.1. The van der Waals surface area contributed by atoms with Crippen molar-refractivity contribution in [3.05, 3.63) is 70.8 Å². The van der Waals surface area contributed by atoms with E-state index in [-0.39, 0.29) is 11.5 Å². The molecule has 0 aliphatic rings. The van der Waals surface area contributed by atoms with Crippen LogP contribution < -0.4 is 16.5 Å². The highest BCUT2D eigenvalue weighted by atomic mass is 19.1. The molecule has 5 N–H and O–H groups in total. The number of aryl methyl sites for hydroxylation is 2. The van der Waals surface area contributed by atoms with Crippen molar-refractivity contribution in [1.29, 1.82) is 0 Å². The molecule has 0 spiro atoms. The van der Waals surface area contributed by atoms with Crippen LogP contribution >= 0.6 is 0 Å². The molecule has 0 aliphatic carbocycles. The number of carbonyl (C=O) groups excluding carboxylic acids is 1. The monoisotopic (exact) mass is 448 g/mol. The van der Waals surface area contributed by atoms with Gasteiger partial charge in [-0.05, 0) is 42.6 Å². The van der Waals surface area contributed by atoms with Gasteiger partial charge in [-0.15, -0.1) is 10.2 Å². The molecule has 33 heavy (non-hydrogen) atoms. The summed E-state index contributed by atoms with van der Waals surface area (Å²) in [4.78, 5) is 16.4. The Morgan fingerprint density at radius 3 is 2.70 bits per heavy atom. The fourth-order valence-electron chi connectivity index (χ4n) is 3.74. The zero-order valence-corrected chi connectivity index (χ0v) is 18.1. The van der Waals surface area contributed by atoms with E-state index in [0.717, 1.165) is 11.6 Å². The predicted octanol–water partition coefficient (Wildman–Crippen LogP) is 1.22. The number of fused-ring (bicyclic) bond motifs is 1. The first-order chi connectivity index (χ1) is 15.8. The van der Waals surface area contributed by atoms with Crippen molar-refractivity contribution in [2.24, 2.45) is 5.73 Å². The first-order valence-corrected chi connectivity index (χ1v) is 10.3. The number of anilines is 1. The van der Waals surface area contributed by atoms with Crippen LogP contribution in [-0.2, 0) is 13.0 Å². The fraction of sp³-hybridized carbons (Fsp3) is 0.182. The number of carbonyl (C=O) groups is 1. The summed E-state index contributed by atoms with van der Waals surface area (Å²) in [7, 11) is -1.56. The number of aromatic nitrogens is 4. The second-order valence-corrected chi connectivity index (χ2v) is 7.60.